The van der Waals surface area contributed by atoms with Gasteiger partial charge in [-0.2, -0.15) is 4.98 Å². The molecule has 3 aromatic heterocycles. The van der Waals surface area contributed by atoms with Crippen molar-refractivity contribution in [2.45, 2.75) is 32.3 Å². The van der Waals surface area contributed by atoms with Gasteiger partial charge in [0.1, 0.15) is 11.6 Å². The Balaban J connectivity index is 1.43. The van der Waals surface area contributed by atoms with Crippen LogP contribution in [-0.2, 0) is 13.7 Å². The molecule has 1 aliphatic rings. The van der Waals surface area contributed by atoms with Gasteiger partial charge in [-0.3, -0.25) is 14.2 Å². The molecule has 0 amide bonds. The minimum Gasteiger partial charge on any atom is -0.392 e. The van der Waals surface area contributed by atoms with E-state index in [1.807, 2.05) is 6.07 Å². The number of nitrogens with one attached hydrogen (secondary N) is 1. The topological polar surface area (TPSA) is 128 Å². The van der Waals surface area contributed by atoms with Crippen molar-refractivity contribution in [2.75, 3.05) is 11.1 Å². The lowest BCUT2D eigenvalue weighted by molar-refractivity contribution is 0.101. The van der Waals surface area contributed by atoms with Gasteiger partial charge in [0.25, 0.3) is 5.56 Å². The van der Waals surface area contributed by atoms with Gasteiger partial charge in [0.05, 0.1) is 34.8 Å². The van der Waals surface area contributed by atoms with E-state index in [0.29, 0.717) is 45.2 Å². The van der Waals surface area contributed by atoms with E-state index in [1.165, 1.54) is 17.6 Å². The molecule has 3 heterocycles. The van der Waals surface area contributed by atoms with Gasteiger partial charge in [-0.15, -0.1) is 0 Å². The molecular formula is C30H27FN6O3. The summed E-state index contributed by atoms with van der Waals surface area (Å²) in [5.74, 6) is 0.106. The zero-order valence-corrected chi connectivity index (χ0v) is 22.0. The largest absolute Gasteiger partial charge is 0.392 e. The van der Waals surface area contributed by atoms with Crippen molar-refractivity contribution in [3.8, 4) is 16.9 Å². The number of hydrogen-bond donors (Lipinski definition) is 3. The number of nitrogens with zero attached hydrogens (tertiary/aromatic N) is 4. The van der Waals surface area contributed by atoms with Gasteiger partial charge < -0.3 is 20.7 Å². The average Bonchev–Trinajstić information content (AvgIpc) is 3.70. The first-order chi connectivity index (χ1) is 19.2. The zero-order valence-electron chi connectivity index (χ0n) is 22.0. The van der Waals surface area contributed by atoms with Crippen LogP contribution < -0.4 is 16.6 Å². The smallest absolute Gasteiger partial charge is 0.265 e. The number of nitrogens with two attached hydrogens (primary N) is 1. The van der Waals surface area contributed by atoms with Gasteiger partial charge in [0.2, 0.25) is 5.95 Å². The highest BCUT2D eigenvalue weighted by Crippen LogP contribution is 2.41. The Labute approximate surface area is 228 Å². The summed E-state index contributed by atoms with van der Waals surface area (Å²) < 4.78 is 18.2. The fraction of sp³-hybridized carbons (Fsp3) is 0.200. The van der Waals surface area contributed by atoms with E-state index in [0.717, 1.165) is 18.4 Å². The van der Waals surface area contributed by atoms with Crippen LogP contribution in [0.3, 0.4) is 0 Å². The number of anilines is 3. The Morgan fingerprint density at radius 2 is 1.98 bits per heavy atom. The van der Waals surface area contributed by atoms with Crippen molar-refractivity contribution in [1.82, 2.24) is 19.1 Å². The summed E-state index contributed by atoms with van der Waals surface area (Å²) in [7, 11) is 1.76. The van der Waals surface area contributed by atoms with Gasteiger partial charge in [-0.1, -0.05) is 18.2 Å². The summed E-state index contributed by atoms with van der Waals surface area (Å²) in [6, 6.07) is 13.5. The number of rotatable bonds is 7. The van der Waals surface area contributed by atoms with Crippen molar-refractivity contribution in [1.29, 1.82) is 0 Å². The molecule has 202 valence electrons. The molecule has 10 heteroatoms. The molecule has 2 aromatic carbocycles. The first-order valence-corrected chi connectivity index (χ1v) is 12.9. The summed E-state index contributed by atoms with van der Waals surface area (Å²) in [5.41, 5.74) is 9.40. The fourth-order valence-electron chi connectivity index (χ4n) is 5.17. The minimum absolute atomic E-state index is 0.00625. The Morgan fingerprint density at radius 1 is 1.18 bits per heavy atom. The van der Waals surface area contributed by atoms with Crippen molar-refractivity contribution in [2.24, 2.45) is 7.05 Å². The third-order valence-electron chi connectivity index (χ3n) is 7.24. The maximum absolute atomic E-state index is 15.1. The van der Waals surface area contributed by atoms with Gasteiger partial charge in [0, 0.05) is 43.6 Å². The Hall–Kier alpha value is -4.83. The van der Waals surface area contributed by atoms with Crippen LogP contribution in [0, 0.1) is 5.82 Å². The van der Waals surface area contributed by atoms with E-state index in [2.05, 4.69) is 15.3 Å². The first kappa shape index (κ1) is 25.4. The molecule has 0 atom stereocenters. The van der Waals surface area contributed by atoms with Crippen LogP contribution in [0.5, 0.6) is 0 Å². The Morgan fingerprint density at radius 3 is 2.67 bits per heavy atom. The number of halogens is 1. The molecule has 5 aromatic rings. The number of carbonyl (C=O) groups excluding carboxylic acids is 1. The number of fused-ring (bicyclic) bond motifs is 1. The molecule has 6 rings (SSSR count). The van der Waals surface area contributed by atoms with Gasteiger partial charge in [-0.25, -0.2) is 9.37 Å². The molecular weight excluding hydrogens is 511 g/mol. The number of aromatic nitrogens is 4. The van der Waals surface area contributed by atoms with E-state index < -0.39 is 18.0 Å². The van der Waals surface area contributed by atoms with E-state index in [4.69, 9.17) is 5.73 Å². The van der Waals surface area contributed by atoms with E-state index in [9.17, 15) is 14.7 Å². The quantitative estimate of drug-likeness (QED) is 0.253. The summed E-state index contributed by atoms with van der Waals surface area (Å²) in [4.78, 5) is 34.2. The number of carbonyl (C=O) groups is 1. The number of pyridine rings is 1. The molecule has 1 aliphatic carbocycles. The number of Topliss-reactive ketones (excluding diaryl/α,β-unsaturated/α-hetero) is 1. The fourth-order valence-corrected chi connectivity index (χ4v) is 5.17. The second-order valence-corrected chi connectivity index (χ2v) is 10.1. The summed E-state index contributed by atoms with van der Waals surface area (Å²) in [6.07, 6.45) is 5.40. The van der Waals surface area contributed by atoms with Crippen LogP contribution in [0.4, 0.5) is 21.8 Å². The predicted molar refractivity (Wildman–Crippen MR) is 152 cm³/mol. The van der Waals surface area contributed by atoms with Gasteiger partial charge >= 0.3 is 0 Å². The van der Waals surface area contributed by atoms with E-state index in [1.54, 1.807) is 60.4 Å². The highest BCUT2D eigenvalue weighted by Gasteiger charge is 2.25. The minimum atomic E-state index is -0.548. The third kappa shape index (κ3) is 4.52. The van der Waals surface area contributed by atoms with Crippen LogP contribution in [0.2, 0.25) is 0 Å². The van der Waals surface area contributed by atoms with Crippen LogP contribution in [0.25, 0.3) is 27.7 Å². The molecule has 0 unspecified atom stereocenters. The van der Waals surface area contributed by atoms with Crippen LogP contribution in [0.1, 0.15) is 47.3 Å². The molecule has 0 aliphatic heterocycles. The SMILES string of the molecule is CC(=O)c1cc(Nc2nc(N)cc(-c3cccc(-n4ccc5cc(C6CC6)cc(F)c5c4=O)c3CO)n2)cn1C. The number of nitrogen functional groups attached to an aromatic ring is 1. The van der Waals surface area contributed by atoms with Gasteiger partial charge in [0.15, 0.2) is 5.78 Å². The molecule has 40 heavy (non-hydrogen) atoms. The molecule has 1 fully saturated rings. The highest BCUT2D eigenvalue weighted by molar-refractivity contribution is 5.94. The molecule has 0 saturated heterocycles. The van der Waals surface area contributed by atoms with Crippen LogP contribution in [-0.4, -0.2) is 30.0 Å². The summed E-state index contributed by atoms with van der Waals surface area (Å²) in [6.45, 7) is 1.07. The van der Waals surface area contributed by atoms with Crippen LogP contribution in [0.15, 0.2) is 65.7 Å². The molecule has 0 spiro atoms. The summed E-state index contributed by atoms with van der Waals surface area (Å²) in [5, 5.41) is 14.1. The van der Waals surface area contributed by atoms with Crippen molar-refractivity contribution < 1.29 is 14.3 Å². The molecule has 9 nitrogen and oxygen atoms in total. The van der Waals surface area contributed by atoms with Crippen LogP contribution >= 0.6 is 0 Å². The van der Waals surface area contributed by atoms with Crippen molar-refractivity contribution in [3.05, 3.63) is 93.9 Å². The lowest BCUT2D eigenvalue weighted by Gasteiger charge is -2.16. The number of benzene rings is 2. The van der Waals surface area contributed by atoms with E-state index in [-0.39, 0.29) is 22.9 Å². The van der Waals surface area contributed by atoms with Gasteiger partial charge in [-0.05, 0) is 54.0 Å². The lowest BCUT2D eigenvalue weighted by atomic mass is 10.0. The monoisotopic (exact) mass is 538 g/mol. The number of aryl methyl sites for hydroxylation is 1. The normalized spacial score (nSPS) is 13.1. The predicted octanol–water partition coefficient (Wildman–Crippen LogP) is 4.82. The number of aliphatic hydroxyl groups excluding tert-OH is 1. The maximum Gasteiger partial charge on any atom is 0.265 e. The maximum atomic E-state index is 15.1. The Bertz CT molecular complexity index is 1870. The Kier molecular flexibility index (Phi) is 6.19. The second-order valence-electron chi connectivity index (χ2n) is 10.1. The molecule has 0 bridgehead atoms. The summed E-state index contributed by atoms with van der Waals surface area (Å²) >= 11 is 0. The number of aliphatic hydroxyl groups is 1. The third-order valence-corrected chi connectivity index (χ3v) is 7.24. The first-order valence-electron chi connectivity index (χ1n) is 12.9. The standard InChI is InChI=1S/C30H27FN6O3/c1-16(39)26-12-20(14-36(26)2)33-30-34-24(13-27(32)35-30)21-4-3-5-25(22(21)15-38)37-9-8-18-10-19(17-6-7-17)11-23(31)28(18)29(37)40/h3-5,8-14,17,38H,6-7,15H2,1-2H3,(H3,32,33,34,35). The van der Waals surface area contributed by atoms with Crippen molar-refractivity contribution >= 4 is 34.0 Å². The highest BCUT2D eigenvalue weighted by atomic mass is 19.1. The number of ketones is 1. The molecule has 0 radical (unpaired) electrons. The zero-order chi connectivity index (χ0) is 28.1. The molecule has 4 N–H and O–H groups in total. The van der Waals surface area contributed by atoms with Crippen molar-refractivity contribution in [3.63, 3.8) is 0 Å². The second kappa shape index (κ2) is 9.73. The van der Waals surface area contributed by atoms with E-state index >= 15 is 4.39 Å². The average molecular weight is 539 g/mol. The molecule has 1 saturated carbocycles. The lowest BCUT2D eigenvalue weighted by Crippen LogP contribution is -2.20. The number of hydrogen-bond acceptors (Lipinski definition) is 7.